The normalized spacial score (nSPS) is 11.2. The topological polar surface area (TPSA) is 57.7 Å². The van der Waals surface area contributed by atoms with Gasteiger partial charge < -0.3 is 4.90 Å². The second-order valence-electron chi connectivity index (χ2n) is 7.08. The van der Waals surface area contributed by atoms with Gasteiger partial charge in [0.2, 0.25) is 5.91 Å². The fourth-order valence-corrected chi connectivity index (χ4v) is 4.87. The molecule has 0 N–H and O–H groups in total. The van der Waals surface area contributed by atoms with E-state index in [9.17, 15) is 13.2 Å². The molecule has 0 bridgehead atoms. The van der Waals surface area contributed by atoms with E-state index in [1.165, 1.54) is 17.0 Å². The van der Waals surface area contributed by atoms with Crippen LogP contribution in [0.5, 0.6) is 0 Å². The summed E-state index contributed by atoms with van der Waals surface area (Å²) in [6, 6.07) is 20.2. The Balaban J connectivity index is 1.94. The zero-order valence-electron chi connectivity index (χ0n) is 17.1. The van der Waals surface area contributed by atoms with E-state index in [0.717, 1.165) is 9.87 Å². The van der Waals surface area contributed by atoms with Crippen molar-refractivity contribution in [3.05, 3.63) is 94.0 Å². The Hall–Kier alpha value is -2.54. The van der Waals surface area contributed by atoms with Gasteiger partial charge in [-0.25, -0.2) is 8.42 Å². The Labute approximate surface area is 192 Å². The highest BCUT2D eigenvalue weighted by molar-refractivity contribution is 7.92. The van der Waals surface area contributed by atoms with Crippen molar-refractivity contribution in [2.75, 3.05) is 17.9 Å². The number of hydrogen-bond donors (Lipinski definition) is 0. The molecule has 0 aliphatic rings. The second-order valence-corrected chi connectivity index (χ2v) is 9.79. The molecule has 0 spiro atoms. The molecule has 5 nitrogen and oxygen atoms in total. The lowest BCUT2D eigenvalue weighted by Crippen LogP contribution is -2.41. The van der Waals surface area contributed by atoms with Gasteiger partial charge in [-0.2, -0.15) is 0 Å². The van der Waals surface area contributed by atoms with Crippen LogP contribution in [-0.4, -0.2) is 32.8 Å². The predicted octanol–water partition coefficient (Wildman–Crippen LogP) is 5.16. The summed E-state index contributed by atoms with van der Waals surface area (Å²) in [5, 5.41) is 1.03. The van der Waals surface area contributed by atoms with E-state index in [1.54, 1.807) is 62.5 Å². The summed E-state index contributed by atoms with van der Waals surface area (Å²) in [6.45, 7) is 1.69. The molecule has 8 heteroatoms. The standard InChI is InChI=1S/C23H22Cl2N2O3S/c1-17-21(25)9-6-10-22(17)27(31(29,30)20-7-4-3-5-8-20)16-23(28)26(2)15-18-11-13-19(24)14-12-18/h3-14H,15-16H2,1-2H3. The molecule has 3 rings (SSSR count). The molecule has 162 valence electrons. The molecule has 1 amide bonds. The Morgan fingerprint density at radius 2 is 1.55 bits per heavy atom. The third-order valence-electron chi connectivity index (χ3n) is 4.88. The SMILES string of the molecule is Cc1c(Cl)cccc1N(CC(=O)N(C)Cc1ccc(Cl)cc1)S(=O)(=O)c1ccccc1. The van der Waals surface area contributed by atoms with Crippen LogP contribution >= 0.6 is 23.2 Å². The van der Waals surface area contributed by atoms with E-state index < -0.39 is 10.0 Å². The Morgan fingerprint density at radius 1 is 0.903 bits per heavy atom. The summed E-state index contributed by atoms with van der Waals surface area (Å²) in [5.74, 6) is -0.353. The number of sulfonamides is 1. The van der Waals surface area contributed by atoms with Gasteiger partial charge in [0.15, 0.2) is 0 Å². The summed E-state index contributed by atoms with van der Waals surface area (Å²) in [5.41, 5.74) is 1.83. The van der Waals surface area contributed by atoms with Crippen LogP contribution in [0.1, 0.15) is 11.1 Å². The molecule has 3 aromatic carbocycles. The summed E-state index contributed by atoms with van der Waals surface area (Å²) in [7, 11) is -2.36. The fraction of sp³-hybridized carbons (Fsp3) is 0.174. The van der Waals surface area contributed by atoms with Gasteiger partial charge in [0.05, 0.1) is 10.6 Å². The van der Waals surface area contributed by atoms with Crippen molar-refractivity contribution in [3.8, 4) is 0 Å². The second kappa shape index (κ2) is 9.73. The smallest absolute Gasteiger partial charge is 0.264 e. The molecule has 0 atom stereocenters. The summed E-state index contributed by atoms with van der Waals surface area (Å²) in [4.78, 5) is 14.6. The number of carbonyl (C=O) groups excluding carboxylic acids is 1. The predicted molar refractivity (Wildman–Crippen MR) is 125 cm³/mol. The molecule has 0 aromatic heterocycles. The van der Waals surface area contributed by atoms with Gasteiger partial charge >= 0.3 is 0 Å². The monoisotopic (exact) mass is 476 g/mol. The highest BCUT2D eigenvalue weighted by atomic mass is 35.5. The molecule has 0 heterocycles. The highest BCUT2D eigenvalue weighted by Gasteiger charge is 2.29. The van der Waals surface area contributed by atoms with Crippen molar-refractivity contribution in [2.24, 2.45) is 0 Å². The van der Waals surface area contributed by atoms with Gasteiger partial charge in [0, 0.05) is 23.6 Å². The van der Waals surface area contributed by atoms with Crippen molar-refractivity contribution in [1.29, 1.82) is 0 Å². The number of hydrogen-bond acceptors (Lipinski definition) is 3. The number of likely N-dealkylation sites (N-methyl/N-ethyl adjacent to an activating group) is 1. The van der Waals surface area contributed by atoms with E-state index in [1.807, 2.05) is 12.1 Å². The molecular weight excluding hydrogens is 455 g/mol. The Kier molecular flexibility index (Phi) is 7.26. The van der Waals surface area contributed by atoms with Gasteiger partial charge in [-0.15, -0.1) is 0 Å². The summed E-state index contributed by atoms with van der Waals surface area (Å²) < 4.78 is 28.0. The van der Waals surface area contributed by atoms with Crippen molar-refractivity contribution in [3.63, 3.8) is 0 Å². The molecule has 0 saturated carbocycles. The van der Waals surface area contributed by atoms with E-state index in [-0.39, 0.29) is 17.3 Å². The third kappa shape index (κ3) is 5.39. The lowest BCUT2D eigenvalue weighted by Gasteiger charge is -2.28. The fourth-order valence-electron chi connectivity index (χ4n) is 3.08. The van der Waals surface area contributed by atoms with Gasteiger partial charge in [-0.05, 0) is 54.4 Å². The number of amides is 1. The summed E-state index contributed by atoms with van der Waals surface area (Å²) >= 11 is 12.2. The maximum Gasteiger partial charge on any atom is 0.264 e. The minimum absolute atomic E-state index is 0.0996. The summed E-state index contributed by atoms with van der Waals surface area (Å²) in [6.07, 6.45) is 0. The number of halogens is 2. The molecule has 3 aromatic rings. The van der Waals surface area contributed by atoms with Crippen LogP contribution in [-0.2, 0) is 21.4 Å². The van der Waals surface area contributed by atoms with Crippen LogP contribution in [0.25, 0.3) is 0 Å². The average Bonchev–Trinajstić information content (AvgIpc) is 2.76. The first-order chi connectivity index (χ1) is 14.7. The van der Waals surface area contributed by atoms with Crippen LogP contribution in [0.15, 0.2) is 77.7 Å². The van der Waals surface area contributed by atoms with Crippen molar-refractivity contribution < 1.29 is 13.2 Å². The van der Waals surface area contributed by atoms with E-state index in [0.29, 0.717) is 27.8 Å². The van der Waals surface area contributed by atoms with Crippen LogP contribution in [0.4, 0.5) is 5.69 Å². The number of carbonyl (C=O) groups is 1. The average molecular weight is 477 g/mol. The minimum Gasteiger partial charge on any atom is -0.340 e. The molecule has 0 unspecified atom stereocenters. The van der Waals surface area contributed by atoms with Crippen LogP contribution in [0.3, 0.4) is 0 Å². The first-order valence-corrected chi connectivity index (χ1v) is 11.7. The van der Waals surface area contributed by atoms with Crippen molar-refractivity contribution in [1.82, 2.24) is 4.90 Å². The molecule has 0 radical (unpaired) electrons. The first kappa shape index (κ1) is 23.1. The number of nitrogens with zero attached hydrogens (tertiary/aromatic N) is 2. The van der Waals surface area contributed by atoms with E-state index >= 15 is 0 Å². The first-order valence-electron chi connectivity index (χ1n) is 9.51. The van der Waals surface area contributed by atoms with Crippen molar-refractivity contribution >= 4 is 44.8 Å². The Morgan fingerprint density at radius 3 is 2.19 bits per heavy atom. The van der Waals surface area contributed by atoms with Gasteiger partial charge in [-0.3, -0.25) is 9.10 Å². The zero-order valence-corrected chi connectivity index (χ0v) is 19.5. The quantitative estimate of drug-likeness (QED) is 0.473. The maximum atomic E-state index is 13.4. The number of anilines is 1. The van der Waals surface area contributed by atoms with Crippen LogP contribution in [0.2, 0.25) is 10.0 Å². The van der Waals surface area contributed by atoms with E-state index in [2.05, 4.69) is 0 Å². The third-order valence-corrected chi connectivity index (χ3v) is 7.31. The lowest BCUT2D eigenvalue weighted by atomic mass is 10.2. The largest absolute Gasteiger partial charge is 0.340 e. The van der Waals surface area contributed by atoms with Gasteiger partial charge in [-0.1, -0.05) is 59.6 Å². The zero-order chi connectivity index (χ0) is 22.6. The minimum atomic E-state index is -3.99. The van der Waals surface area contributed by atoms with Crippen molar-refractivity contribution in [2.45, 2.75) is 18.4 Å². The molecule has 0 aliphatic heterocycles. The number of rotatable bonds is 7. The Bertz CT molecular complexity index is 1170. The molecule has 0 fully saturated rings. The number of benzene rings is 3. The molecule has 31 heavy (non-hydrogen) atoms. The molecule has 0 saturated heterocycles. The highest BCUT2D eigenvalue weighted by Crippen LogP contribution is 2.31. The van der Waals surface area contributed by atoms with Gasteiger partial charge in [0.25, 0.3) is 10.0 Å². The van der Waals surface area contributed by atoms with Gasteiger partial charge in [0.1, 0.15) is 6.54 Å². The lowest BCUT2D eigenvalue weighted by molar-refractivity contribution is -0.128. The van der Waals surface area contributed by atoms with Crippen LogP contribution in [0, 0.1) is 6.92 Å². The van der Waals surface area contributed by atoms with Crippen LogP contribution < -0.4 is 4.31 Å². The molecule has 0 aliphatic carbocycles. The van der Waals surface area contributed by atoms with E-state index in [4.69, 9.17) is 23.2 Å². The maximum absolute atomic E-state index is 13.4. The molecular formula is C23H22Cl2N2O3S.